The summed E-state index contributed by atoms with van der Waals surface area (Å²) in [4.78, 5) is 38.5. The number of hydrogen-bond donors (Lipinski definition) is 2. The van der Waals surface area contributed by atoms with E-state index in [1.807, 2.05) is 12.1 Å². The van der Waals surface area contributed by atoms with Gasteiger partial charge in [-0.2, -0.15) is 5.26 Å². The van der Waals surface area contributed by atoms with Gasteiger partial charge >= 0.3 is 5.97 Å². The van der Waals surface area contributed by atoms with E-state index in [0.29, 0.717) is 23.4 Å². The van der Waals surface area contributed by atoms with Crippen LogP contribution in [-0.4, -0.2) is 23.0 Å². The highest BCUT2D eigenvalue weighted by Gasteiger charge is 2.19. The van der Waals surface area contributed by atoms with E-state index >= 15 is 0 Å². The van der Waals surface area contributed by atoms with Crippen molar-refractivity contribution >= 4 is 17.6 Å². The summed E-state index contributed by atoms with van der Waals surface area (Å²) >= 11 is 0. The average Bonchev–Trinajstić information content (AvgIpc) is 2.62. The number of H-pyrrole nitrogens is 1. The molecule has 7 heteroatoms. The topological polar surface area (TPSA) is 112 Å². The minimum absolute atomic E-state index is 0.0293. The van der Waals surface area contributed by atoms with Gasteiger partial charge in [-0.15, -0.1) is 0 Å². The van der Waals surface area contributed by atoms with Crippen molar-refractivity contribution in [3.63, 3.8) is 0 Å². The molecule has 0 aliphatic heterocycles. The number of amides is 1. The molecule has 1 amide bonds. The van der Waals surface area contributed by atoms with E-state index in [-0.39, 0.29) is 12.0 Å². The number of rotatable bonds is 6. The molecule has 0 saturated carbocycles. The minimum atomic E-state index is -0.940. The molecule has 7 nitrogen and oxygen atoms in total. The summed E-state index contributed by atoms with van der Waals surface area (Å²) in [6.07, 6.45) is -0.610. The molecule has 1 atom stereocenters. The fraction of sp³-hybridized carbons (Fsp3) is 0.300. The van der Waals surface area contributed by atoms with Gasteiger partial charge in [0.15, 0.2) is 6.10 Å². The van der Waals surface area contributed by atoms with E-state index in [2.05, 4.69) is 10.3 Å². The van der Waals surface area contributed by atoms with Gasteiger partial charge in [0.1, 0.15) is 11.6 Å². The maximum atomic E-state index is 12.1. The minimum Gasteiger partial charge on any atom is -0.453 e. The Morgan fingerprint density at radius 1 is 1.26 bits per heavy atom. The molecule has 0 saturated heterocycles. The third-order valence-corrected chi connectivity index (χ3v) is 4.22. The SMILES string of the molecule is Cc1[nH]c(=O)c(C#N)c(C)c1CCC(=O)O[C@@H](C)C(=O)Nc1ccccc1. The molecule has 1 aromatic heterocycles. The standard InChI is InChI=1S/C20H21N3O4/c1-12-16(13(2)22-20(26)17(12)11-21)9-10-18(24)27-14(3)19(25)23-15-7-5-4-6-8-15/h4-8,14H,9-10H2,1-3H3,(H,22,26)(H,23,25)/t14-/m0/s1. The maximum Gasteiger partial charge on any atom is 0.306 e. The number of pyridine rings is 1. The fourth-order valence-electron chi connectivity index (χ4n) is 2.72. The van der Waals surface area contributed by atoms with Crippen LogP contribution in [0.25, 0.3) is 0 Å². The fourth-order valence-corrected chi connectivity index (χ4v) is 2.72. The van der Waals surface area contributed by atoms with Crippen LogP contribution in [0.2, 0.25) is 0 Å². The van der Waals surface area contributed by atoms with Crippen LogP contribution in [-0.2, 0) is 20.7 Å². The molecule has 1 aromatic carbocycles. The van der Waals surface area contributed by atoms with Gasteiger partial charge in [-0.05, 0) is 50.5 Å². The first kappa shape index (κ1) is 19.9. The van der Waals surface area contributed by atoms with Gasteiger partial charge in [0.25, 0.3) is 11.5 Å². The van der Waals surface area contributed by atoms with Crippen molar-refractivity contribution in [2.45, 2.75) is 39.7 Å². The predicted molar refractivity (Wildman–Crippen MR) is 100 cm³/mol. The second kappa shape index (κ2) is 8.81. The van der Waals surface area contributed by atoms with Crippen LogP contribution in [0.4, 0.5) is 5.69 Å². The first-order valence-corrected chi connectivity index (χ1v) is 8.51. The second-order valence-electron chi connectivity index (χ2n) is 6.16. The Labute approximate surface area is 157 Å². The van der Waals surface area contributed by atoms with E-state index in [4.69, 9.17) is 10.00 Å². The maximum absolute atomic E-state index is 12.1. The van der Waals surface area contributed by atoms with E-state index in [9.17, 15) is 14.4 Å². The third kappa shape index (κ3) is 5.05. The van der Waals surface area contributed by atoms with E-state index in [0.717, 1.165) is 5.56 Å². The van der Waals surface area contributed by atoms with Crippen molar-refractivity contribution in [3.05, 3.63) is 63.1 Å². The summed E-state index contributed by atoms with van der Waals surface area (Å²) in [5, 5.41) is 11.8. The number of esters is 1. The summed E-state index contributed by atoms with van der Waals surface area (Å²) in [7, 11) is 0. The number of anilines is 1. The lowest BCUT2D eigenvalue weighted by molar-refractivity contribution is -0.153. The predicted octanol–water partition coefficient (Wildman–Crippen LogP) is 2.37. The summed E-state index contributed by atoms with van der Waals surface area (Å²) in [5.41, 5.74) is 2.11. The zero-order valence-corrected chi connectivity index (χ0v) is 15.5. The number of nitrogens with one attached hydrogen (secondary N) is 2. The van der Waals surface area contributed by atoms with E-state index in [1.54, 1.807) is 38.1 Å². The van der Waals surface area contributed by atoms with Crippen LogP contribution in [0.5, 0.6) is 0 Å². The Kier molecular flexibility index (Phi) is 6.50. The summed E-state index contributed by atoms with van der Waals surface area (Å²) in [5.74, 6) is -0.952. The number of para-hydroxylation sites is 1. The van der Waals surface area contributed by atoms with Crippen molar-refractivity contribution in [1.82, 2.24) is 4.98 Å². The number of ether oxygens (including phenoxy) is 1. The Balaban J connectivity index is 1.96. The molecule has 0 aliphatic carbocycles. The summed E-state index contributed by atoms with van der Waals surface area (Å²) in [6.45, 7) is 4.89. The molecule has 2 N–H and O–H groups in total. The van der Waals surface area contributed by atoms with Crippen molar-refractivity contribution in [1.29, 1.82) is 5.26 Å². The quantitative estimate of drug-likeness (QED) is 0.761. The van der Waals surface area contributed by atoms with E-state index in [1.165, 1.54) is 6.92 Å². The average molecular weight is 367 g/mol. The largest absolute Gasteiger partial charge is 0.453 e. The molecule has 0 fully saturated rings. The molecule has 0 aliphatic rings. The molecule has 0 radical (unpaired) electrons. The lowest BCUT2D eigenvalue weighted by Gasteiger charge is -2.14. The molecule has 0 spiro atoms. The zero-order valence-electron chi connectivity index (χ0n) is 15.5. The second-order valence-corrected chi connectivity index (χ2v) is 6.16. The van der Waals surface area contributed by atoms with E-state index < -0.39 is 23.5 Å². The Hall–Kier alpha value is -3.40. The molecular weight excluding hydrogens is 346 g/mol. The van der Waals surface area contributed by atoms with Crippen molar-refractivity contribution in [2.75, 3.05) is 5.32 Å². The monoisotopic (exact) mass is 367 g/mol. The molecular formula is C20H21N3O4. The van der Waals surface area contributed by atoms with Crippen LogP contribution in [0.3, 0.4) is 0 Å². The van der Waals surface area contributed by atoms with Gasteiger partial charge in [-0.25, -0.2) is 0 Å². The smallest absolute Gasteiger partial charge is 0.306 e. The lowest BCUT2D eigenvalue weighted by Crippen LogP contribution is -2.30. The molecule has 1 heterocycles. The van der Waals surface area contributed by atoms with Gasteiger partial charge in [0, 0.05) is 17.8 Å². The highest BCUT2D eigenvalue weighted by atomic mass is 16.5. The van der Waals surface area contributed by atoms with Gasteiger partial charge in [-0.3, -0.25) is 14.4 Å². The highest BCUT2D eigenvalue weighted by Crippen LogP contribution is 2.15. The van der Waals surface area contributed by atoms with Gasteiger partial charge in [0.2, 0.25) is 0 Å². The number of nitriles is 1. The number of benzene rings is 1. The third-order valence-electron chi connectivity index (χ3n) is 4.22. The number of aromatic nitrogens is 1. The Bertz CT molecular complexity index is 942. The summed E-state index contributed by atoms with van der Waals surface area (Å²) < 4.78 is 5.18. The van der Waals surface area contributed by atoms with Crippen LogP contribution >= 0.6 is 0 Å². The van der Waals surface area contributed by atoms with Crippen molar-refractivity contribution < 1.29 is 14.3 Å². The molecule has 2 aromatic rings. The number of nitrogens with zero attached hydrogens (tertiary/aromatic N) is 1. The number of aromatic amines is 1. The molecule has 27 heavy (non-hydrogen) atoms. The summed E-state index contributed by atoms with van der Waals surface area (Å²) in [6, 6.07) is 10.8. The number of carbonyl (C=O) groups is 2. The Morgan fingerprint density at radius 2 is 1.93 bits per heavy atom. The number of carbonyl (C=O) groups excluding carboxylic acids is 2. The molecule has 2 rings (SSSR count). The number of aryl methyl sites for hydroxylation is 1. The zero-order chi connectivity index (χ0) is 20.0. The van der Waals surface area contributed by atoms with Crippen LogP contribution in [0, 0.1) is 25.2 Å². The van der Waals surface area contributed by atoms with Crippen LogP contribution < -0.4 is 10.9 Å². The lowest BCUT2D eigenvalue weighted by atomic mass is 9.99. The van der Waals surface area contributed by atoms with Crippen molar-refractivity contribution in [3.8, 4) is 6.07 Å². The molecule has 140 valence electrons. The van der Waals surface area contributed by atoms with Gasteiger partial charge < -0.3 is 15.0 Å². The molecule has 0 unspecified atom stereocenters. The Morgan fingerprint density at radius 3 is 2.56 bits per heavy atom. The first-order valence-electron chi connectivity index (χ1n) is 8.51. The normalized spacial score (nSPS) is 11.3. The highest BCUT2D eigenvalue weighted by molar-refractivity contribution is 5.95. The molecule has 0 bridgehead atoms. The van der Waals surface area contributed by atoms with Crippen LogP contribution in [0.1, 0.15) is 35.7 Å². The number of hydrogen-bond acceptors (Lipinski definition) is 5. The first-order chi connectivity index (χ1) is 12.8. The van der Waals surface area contributed by atoms with Gasteiger partial charge in [0.05, 0.1) is 0 Å². The van der Waals surface area contributed by atoms with Crippen molar-refractivity contribution in [2.24, 2.45) is 0 Å². The van der Waals surface area contributed by atoms with Crippen LogP contribution in [0.15, 0.2) is 35.1 Å². The van der Waals surface area contributed by atoms with Gasteiger partial charge in [-0.1, -0.05) is 18.2 Å².